The van der Waals surface area contributed by atoms with Crippen LogP contribution in [0.4, 0.5) is 8.78 Å². The van der Waals surface area contributed by atoms with Crippen LogP contribution in [-0.4, -0.2) is 5.78 Å². The molecule has 0 spiro atoms. The Morgan fingerprint density at radius 3 is 2.48 bits per heavy atom. The number of carbonyl (C=O) groups excluding carboxylic acids is 1. The van der Waals surface area contributed by atoms with Crippen LogP contribution in [0.2, 0.25) is 10.0 Å². The summed E-state index contributed by atoms with van der Waals surface area (Å²) in [6, 6.07) is 8.57. The number of benzene rings is 2. The third-order valence-electron chi connectivity index (χ3n) is 2.86. The SMILES string of the molecule is N#CC(C(=O)c1cc(Cl)ccc1Cl)c1ccc(F)cc1F. The lowest BCUT2D eigenvalue weighted by Crippen LogP contribution is -2.13. The van der Waals surface area contributed by atoms with Gasteiger partial charge >= 0.3 is 0 Å². The quantitative estimate of drug-likeness (QED) is 0.763. The summed E-state index contributed by atoms with van der Waals surface area (Å²) < 4.78 is 26.7. The van der Waals surface area contributed by atoms with Crippen LogP contribution in [0.5, 0.6) is 0 Å². The van der Waals surface area contributed by atoms with Crippen molar-refractivity contribution in [3.05, 3.63) is 69.2 Å². The summed E-state index contributed by atoms with van der Waals surface area (Å²) in [5.74, 6) is -3.88. The molecule has 2 aromatic rings. The van der Waals surface area contributed by atoms with Gasteiger partial charge in [-0.25, -0.2) is 8.78 Å². The number of carbonyl (C=O) groups is 1. The van der Waals surface area contributed by atoms with Gasteiger partial charge in [0.15, 0.2) is 5.78 Å². The molecule has 0 aliphatic heterocycles. The fraction of sp³-hybridized carbons (Fsp3) is 0.0667. The largest absolute Gasteiger partial charge is 0.292 e. The second-order valence-corrected chi connectivity index (χ2v) is 5.06. The molecule has 0 aliphatic rings. The molecule has 1 unspecified atom stereocenters. The number of nitriles is 1. The maximum absolute atomic E-state index is 13.7. The molecule has 2 aromatic carbocycles. The maximum Gasteiger partial charge on any atom is 0.186 e. The molecule has 0 amide bonds. The van der Waals surface area contributed by atoms with Crippen LogP contribution in [0.25, 0.3) is 0 Å². The van der Waals surface area contributed by atoms with E-state index in [2.05, 4.69) is 0 Å². The Bertz CT molecular complexity index is 756. The number of hydrogen-bond donors (Lipinski definition) is 0. The molecule has 0 aromatic heterocycles. The van der Waals surface area contributed by atoms with Gasteiger partial charge < -0.3 is 0 Å². The molecule has 6 heteroatoms. The van der Waals surface area contributed by atoms with E-state index >= 15 is 0 Å². The topological polar surface area (TPSA) is 40.9 Å². The molecule has 106 valence electrons. The first kappa shape index (κ1) is 15.4. The second-order valence-electron chi connectivity index (χ2n) is 4.22. The summed E-state index contributed by atoms with van der Waals surface area (Å²) in [7, 11) is 0. The van der Waals surface area contributed by atoms with Gasteiger partial charge in [-0.1, -0.05) is 29.3 Å². The molecule has 2 nitrogen and oxygen atoms in total. The highest BCUT2D eigenvalue weighted by atomic mass is 35.5. The van der Waals surface area contributed by atoms with Gasteiger partial charge in [0.1, 0.15) is 17.6 Å². The van der Waals surface area contributed by atoms with Crippen molar-refractivity contribution < 1.29 is 13.6 Å². The highest BCUT2D eigenvalue weighted by Crippen LogP contribution is 2.28. The fourth-order valence-corrected chi connectivity index (χ4v) is 2.23. The van der Waals surface area contributed by atoms with Crippen LogP contribution in [0.1, 0.15) is 21.8 Å². The Morgan fingerprint density at radius 1 is 1.14 bits per heavy atom. The maximum atomic E-state index is 13.7. The molecule has 2 rings (SSSR count). The van der Waals surface area contributed by atoms with Crippen molar-refractivity contribution in [2.24, 2.45) is 0 Å². The molecule has 1 atom stereocenters. The first-order valence-corrected chi connectivity index (χ1v) is 6.53. The summed E-state index contributed by atoms with van der Waals surface area (Å²) in [4.78, 5) is 12.4. The summed E-state index contributed by atoms with van der Waals surface area (Å²) in [5, 5.41) is 9.52. The summed E-state index contributed by atoms with van der Waals surface area (Å²) >= 11 is 11.7. The Hall–Kier alpha value is -1.96. The smallest absolute Gasteiger partial charge is 0.186 e. The van der Waals surface area contributed by atoms with Crippen molar-refractivity contribution in [3.63, 3.8) is 0 Å². The van der Waals surface area contributed by atoms with Crippen molar-refractivity contribution in [3.8, 4) is 6.07 Å². The van der Waals surface area contributed by atoms with Gasteiger partial charge in [0.25, 0.3) is 0 Å². The predicted molar refractivity (Wildman–Crippen MR) is 75.5 cm³/mol. The van der Waals surface area contributed by atoms with Crippen molar-refractivity contribution in [2.75, 3.05) is 0 Å². The summed E-state index contributed by atoms with van der Waals surface area (Å²) in [5.41, 5.74) is -0.195. The van der Waals surface area contributed by atoms with Crippen LogP contribution in [0.15, 0.2) is 36.4 Å². The average Bonchev–Trinajstić information content (AvgIpc) is 2.44. The third-order valence-corrected chi connectivity index (χ3v) is 3.42. The van der Waals surface area contributed by atoms with Gasteiger partial charge in [-0.3, -0.25) is 4.79 Å². The molecule has 0 saturated carbocycles. The lowest BCUT2D eigenvalue weighted by Gasteiger charge is -2.11. The fourth-order valence-electron chi connectivity index (χ4n) is 1.85. The standard InChI is InChI=1S/C15H7Cl2F2NO/c16-8-1-4-13(17)11(5-8)15(21)12(7-20)10-3-2-9(18)6-14(10)19/h1-6,12H. The van der Waals surface area contributed by atoms with Crippen LogP contribution in [-0.2, 0) is 0 Å². The molecular formula is C15H7Cl2F2NO. The van der Waals surface area contributed by atoms with E-state index in [1.165, 1.54) is 18.2 Å². The Kier molecular flexibility index (Phi) is 4.56. The average molecular weight is 326 g/mol. The van der Waals surface area contributed by atoms with Crippen LogP contribution in [0.3, 0.4) is 0 Å². The number of halogens is 4. The third kappa shape index (κ3) is 3.21. The van der Waals surface area contributed by atoms with E-state index in [4.69, 9.17) is 28.5 Å². The predicted octanol–water partition coefficient (Wildman–Crippen LogP) is 4.76. The van der Waals surface area contributed by atoms with Gasteiger partial charge in [0, 0.05) is 22.2 Å². The highest BCUT2D eigenvalue weighted by Gasteiger charge is 2.26. The van der Waals surface area contributed by atoms with Crippen molar-refractivity contribution in [1.82, 2.24) is 0 Å². The van der Waals surface area contributed by atoms with Crippen molar-refractivity contribution in [1.29, 1.82) is 5.26 Å². The monoisotopic (exact) mass is 325 g/mol. The van der Waals surface area contributed by atoms with Gasteiger partial charge in [-0.05, 0) is 24.3 Å². The molecule has 0 saturated heterocycles. The van der Waals surface area contributed by atoms with Crippen LogP contribution in [0, 0.1) is 23.0 Å². The van der Waals surface area contributed by atoms with E-state index in [-0.39, 0.29) is 21.2 Å². The van der Waals surface area contributed by atoms with E-state index in [0.717, 1.165) is 12.1 Å². The van der Waals surface area contributed by atoms with E-state index in [1.807, 2.05) is 0 Å². The molecule has 0 aliphatic carbocycles. The van der Waals surface area contributed by atoms with Gasteiger partial charge in [0.05, 0.1) is 11.1 Å². The lowest BCUT2D eigenvalue weighted by molar-refractivity contribution is 0.0977. The number of Topliss-reactive ketones (excluding diaryl/α,β-unsaturated/α-hetero) is 1. The highest BCUT2D eigenvalue weighted by molar-refractivity contribution is 6.36. The lowest BCUT2D eigenvalue weighted by atomic mass is 9.91. The molecular weight excluding hydrogens is 319 g/mol. The van der Waals surface area contributed by atoms with Gasteiger partial charge in [-0.2, -0.15) is 5.26 Å². The molecule has 21 heavy (non-hydrogen) atoms. The number of hydrogen-bond acceptors (Lipinski definition) is 2. The second kappa shape index (κ2) is 6.21. The minimum Gasteiger partial charge on any atom is -0.292 e. The summed E-state index contributed by atoms with van der Waals surface area (Å²) in [6.07, 6.45) is 0. The first-order chi connectivity index (χ1) is 9.93. The number of nitrogens with zero attached hydrogens (tertiary/aromatic N) is 1. The van der Waals surface area contributed by atoms with E-state index in [1.54, 1.807) is 6.07 Å². The van der Waals surface area contributed by atoms with E-state index in [0.29, 0.717) is 6.07 Å². The zero-order chi connectivity index (χ0) is 15.6. The van der Waals surface area contributed by atoms with Gasteiger partial charge in [-0.15, -0.1) is 0 Å². The number of rotatable bonds is 3. The minimum atomic E-state index is -1.43. The Balaban J connectivity index is 2.49. The molecule has 0 heterocycles. The van der Waals surface area contributed by atoms with Crippen molar-refractivity contribution >= 4 is 29.0 Å². The minimum absolute atomic E-state index is 0.0134. The van der Waals surface area contributed by atoms with E-state index < -0.39 is 23.3 Å². The first-order valence-electron chi connectivity index (χ1n) is 5.78. The summed E-state index contributed by atoms with van der Waals surface area (Å²) in [6.45, 7) is 0. The van der Waals surface area contributed by atoms with E-state index in [9.17, 15) is 13.6 Å². The zero-order valence-corrected chi connectivity index (χ0v) is 11.9. The van der Waals surface area contributed by atoms with Gasteiger partial charge in [0.2, 0.25) is 0 Å². The molecule has 0 N–H and O–H groups in total. The normalized spacial score (nSPS) is 11.8. The Morgan fingerprint density at radius 2 is 1.86 bits per heavy atom. The van der Waals surface area contributed by atoms with Crippen molar-refractivity contribution in [2.45, 2.75) is 5.92 Å². The van der Waals surface area contributed by atoms with Crippen LogP contribution < -0.4 is 0 Å². The number of ketones is 1. The molecule has 0 radical (unpaired) electrons. The molecule has 0 fully saturated rings. The van der Waals surface area contributed by atoms with Crippen LogP contribution >= 0.6 is 23.2 Å². The molecule has 0 bridgehead atoms. The zero-order valence-electron chi connectivity index (χ0n) is 10.4. The Labute approximate surface area is 129 Å².